The van der Waals surface area contributed by atoms with Crippen molar-refractivity contribution in [2.45, 2.75) is 40.5 Å². The number of anilines is 1. The highest BCUT2D eigenvalue weighted by Crippen LogP contribution is 2.35. The van der Waals surface area contributed by atoms with E-state index in [0.29, 0.717) is 0 Å². The highest BCUT2D eigenvalue weighted by atomic mass is 14.9. The highest BCUT2D eigenvalue weighted by molar-refractivity contribution is 5.98. The lowest BCUT2D eigenvalue weighted by Gasteiger charge is -2.21. The van der Waals surface area contributed by atoms with Gasteiger partial charge in [-0.2, -0.15) is 0 Å². The van der Waals surface area contributed by atoms with Gasteiger partial charge in [0.1, 0.15) is 0 Å². The predicted octanol–water partition coefficient (Wildman–Crippen LogP) is 9.02. The van der Waals surface area contributed by atoms with Crippen molar-refractivity contribution in [3.8, 4) is 0 Å². The highest BCUT2D eigenvalue weighted by Gasteiger charge is 2.16. The molecule has 2 heterocycles. The van der Waals surface area contributed by atoms with Gasteiger partial charge in [0.25, 0.3) is 0 Å². The maximum Gasteiger partial charge on any atom is 0.0651 e. The average Bonchev–Trinajstić information content (AvgIpc) is 3.59. The van der Waals surface area contributed by atoms with Crippen molar-refractivity contribution < 1.29 is 0 Å². The summed E-state index contributed by atoms with van der Waals surface area (Å²) < 4.78 is 0. The van der Waals surface area contributed by atoms with E-state index in [1.807, 2.05) is 25.5 Å². The fourth-order valence-corrected chi connectivity index (χ4v) is 4.97. The number of aromatic nitrogens is 2. The molecule has 4 nitrogen and oxygen atoms in total. The van der Waals surface area contributed by atoms with Crippen molar-refractivity contribution in [1.82, 2.24) is 15.3 Å². The molecular formula is C35H40N4. The van der Waals surface area contributed by atoms with E-state index in [9.17, 15) is 0 Å². The van der Waals surface area contributed by atoms with Gasteiger partial charge in [-0.3, -0.25) is 4.98 Å². The van der Waals surface area contributed by atoms with Crippen LogP contribution in [0.15, 0.2) is 104 Å². The Morgan fingerprint density at radius 1 is 1.15 bits per heavy atom. The lowest BCUT2D eigenvalue weighted by Crippen LogP contribution is -2.16. The van der Waals surface area contributed by atoms with Gasteiger partial charge in [0.2, 0.25) is 0 Å². The fourth-order valence-electron chi connectivity index (χ4n) is 4.97. The first-order chi connectivity index (χ1) is 18.6. The number of benzene rings is 1. The van der Waals surface area contributed by atoms with Gasteiger partial charge in [-0.05, 0) is 72.2 Å². The number of nitrogens with one attached hydrogen (secondary N) is 3. The maximum atomic E-state index is 4.51. The van der Waals surface area contributed by atoms with Crippen molar-refractivity contribution >= 4 is 33.3 Å². The van der Waals surface area contributed by atoms with Crippen LogP contribution in [0.2, 0.25) is 0 Å². The van der Waals surface area contributed by atoms with Crippen LogP contribution in [0.5, 0.6) is 0 Å². The van der Waals surface area contributed by atoms with Crippen molar-refractivity contribution in [3.05, 3.63) is 127 Å². The summed E-state index contributed by atoms with van der Waals surface area (Å²) in [5.41, 5.74) is 11.5. The molecule has 0 bridgehead atoms. The Morgan fingerprint density at radius 2 is 1.95 bits per heavy atom. The van der Waals surface area contributed by atoms with Crippen molar-refractivity contribution in [3.63, 3.8) is 0 Å². The topological polar surface area (TPSA) is 52.7 Å². The molecule has 0 saturated carbocycles. The normalized spacial score (nSPS) is 13.9. The second-order valence-electron chi connectivity index (χ2n) is 11.1. The smallest absolute Gasteiger partial charge is 0.0651 e. The number of pyridine rings is 1. The van der Waals surface area contributed by atoms with Gasteiger partial charge in [0.15, 0.2) is 0 Å². The van der Waals surface area contributed by atoms with E-state index in [-0.39, 0.29) is 5.41 Å². The number of hydrogen-bond donors (Lipinski definition) is 3. The summed E-state index contributed by atoms with van der Waals surface area (Å²) in [6.07, 6.45) is 18.3. The molecule has 0 radical (unpaired) electrons. The molecule has 3 aromatic rings. The molecular weight excluding hydrogens is 476 g/mol. The minimum absolute atomic E-state index is 0.155. The van der Waals surface area contributed by atoms with Gasteiger partial charge >= 0.3 is 0 Å². The van der Waals surface area contributed by atoms with Crippen molar-refractivity contribution in [2.24, 2.45) is 5.41 Å². The maximum absolute atomic E-state index is 4.51. The van der Waals surface area contributed by atoms with Crippen LogP contribution in [-0.4, -0.2) is 17.0 Å². The van der Waals surface area contributed by atoms with E-state index in [1.165, 1.54) is 5.57 Å². The zero-order valence-corrected chi connectivity index (χ0v) is 23.9. The molecule has 0 amide bonds. The van der Waals surface area contributed by atoms with Gasteiger partial charge in [-0.15, -0.1) is 0 Å². The summed E-state index contributed by atoms with van der Waals surface area (Å²) in [5, 5.41) is 7.93. The molecule has 0 aliphatic heterocycles. The summed E-state index contributed by atoms with van der Waals surface area (Å²) in [4.78, 5) is 8.03. The monoisotopic (exact) mass is 516 g/mol. The number of H-pyrrole nitrogens is 1. The molecule has 0 unspecified atom stereocenters. The minimum atomic E-state index is 0.155. The quantitative estimate of drug-likeness (QED) is 0.236. The molecule has 200 valence electrons. The number of nitrogens with zero attached hydrogens (tertiary/aromatic N) is 1. The van der Waals surface area contributed by atoms with E-state index >= 15 is 0 Å². The Kier molecular flexibility index (Phi) is 8.25. The Hall–Kier alpha value is -4.31. The third-order valence-electron chi connectivity index (χ3n) is 6.81. The Labute approximate surface area is 233 Å². The van der Waals surface area contributed by atoms with Crippen LogP contribution in [0, 0.1) is 5.41 Å². The Balaban J connectivity index is 1.68. The summed E-state index contributed by atoms with van der Waals surface area (Å²) in [6.45, 7) is 21.4. The summed E-state index contributed by atoms with van der Waals surface area (Å²) >= 11 is 0. The molecule has 1 aromatic carbocycles. The summed E-state index contributed by atoms with van der Waals surface area (Å²) in [5.74, 6) is 0. The van der Waals surface area contributed by atoms with E-state index in [4.69, 9.17) is 0 Å². The molecule has 1 aliphatic carbocycles. The van der Waals surface area contributed by atoms with E-state index < -0.39 is 0 Å². The van der Waals surface area contributed by atoms with Crippen LogP contribution >= 0.6 is 0 Å². The third-order valence-corrected chi connectivity index (χ3v) is 6.81. The van der Waals surface area contributed by atoms with Gasteiger partial charge in [-0.25, -0.2) is 0 Å². The molecule has 4 heteroatoms. The van der Waals surface area contributed by atoms with Crippen molar-refractivity contribution in [2.75, 3.05) is 12.4 Å². The minimum Gasteiger partial charge on any atom is -0.388 e. The molecule has 0 fully saturated rings. The van der Waals surface area contributed by atoms with E-state index in [1.54, 1.807) is 0 Å². The average molecular weight is 517 g/mol. The predicted molar refractivity (Wildman–Crippen MR) is 170 cm³/mol. The lowest BCUT2D eigenvalue weighted by atomic mass is 9.91. The summed E-state index contributed by atoms with van der Waals surface area (Å²) in [6, 6.07) is 8.62. The molecule has 0 atom stereocenters. The Morgan fingerprint density at radius 3 is 2.59 bits per heavy atom. The standard InChI is InChI=1S/C35H40N4/c1-9-25(17-28(10-2)38-23(3)20-35(5,6)7)27-15-16-32(36-8)29(18-27)24(4)33-19-30-31(26-13-11-12-14-26)21-37-22-34(30)39-33/h9-11,13-19,21-22,36,38-39H,2-4,12,20H2,1,5-8H3/b25-9+,28-17+. The van der Waals surface area contributed by atoms with Crippen LogP contribution in [0.25, 0.3) is 27.6 Å². The number of allylic oxidation sites excluding steroid dienone is 9. The molecule has 2 aromatic heterocycles. The van der Waals surface area contributed by atoms with Gasteiger partial charge in [-0.1, -0.05) is 70.9 Å². The molecule has 39 heavy (non-hydrogen) atoms. The molecule has 0 spiro atoms. The largest absolute Gasteiger partial charge is 0.388 e. The number of hydrogen-bond acceptors (Lipinski definition) is 3. The van der Waals surface area contributed by atoms with E-state index in [0.717, 1.165) is 74.4 Å². The van der Waals surface area contributed by atoms with Crippen LogP contribution in [0.4, 0.5) is 5.69 Å². The molecule has 3 N–H and O–H groups in total. The van der Waals surface area contributed by atoms with Gasteiger partial charge < -0.3 is 15.6 Å². The van der Waals surface area contributed by atoms with Crippen LogP contribution in [0.1, 0.15) is 62.9 Å². The number of fused-ring (bicyclic) bond motifs is 1. The molecule has 4 rings (SSSR count). The first-order valence-electron chi connectivity index (χ1n) is 13.4. The third kappa shape index (κ3) is 6.40. The molecule has 0 saturated heterocycles. The van der Waals surface area contributed by atoms with Crippen LogP contribution in [-0.2, 0) is 0 Å². The van der Waals surface area contributed by atoms with Crippen LogP contribution < -0.4 is 10.6 Å². The van der Waals surface area contributed by atoms with Gasteiger partial charge in [0, 0.05) is 58.1 Å². The second kappa shape index (κ2) is 11.6. The van der Waals surface area contributed by atoms with Crippen molar-refractivity contribution in [1.29, 1.82) is 0 Å². The second-order valence-corrected chi connectivity index (χ2v) is 11.1. The summed E-state index contributed by atoms with van der Waals surface area (Å²) in [7, 11) is 1.94. The van der Waals surface area contributed by atoms with Crippen LogP contribution in [0.3, 0.4) is 0 Å². The lowest BCUT2D eigenvalue weighted by molar-refractivity contribution is 0.403. The first-order valence-corrected chi connectivity index (χ1v) is 13.4. The first kappa shape index (κ1) is 27.7. The zero-order valence-electron chi connectivity index (χ0n) is 23.9. The fraction of sp³-hybridized carbons (Fsp3) is 0.229. The number of rotatable bonds is 10. The SMILES string of the molecule is C=C/C(=C\C(=C/C)c1ccc(NC)c(C(=C)c2cc3c(C4=CCC=C4)cncc3[nH]2)c1)NC(=C)CC(C)(C)C. The Bertz CT molecular complexity index is 1550. The molecule has 1 aliphatic rings. The van der Waals surface area contributed by atoms with Gasteiger partial charge in [0.05, 0.1) is 11.7 Å². The zero-order chi connectivity index (χ0) is 28.2. The van der Waals surface area contributed by atoms with E-state index in [2.05, 4.69) is 123 Å². The number of aromatic amines is 1.